The largest absolute Gasteiger partial charge is 0.492 e. The van der Waals surface area contributed by atoms with Crippen LogP contribution in [0.25, 0.3) is 0 Å². The highest BCUT2D eigenvalue weighted by Gasteiger charge is 2.08. The van der Waals surface area contributed by atoms with Crippen molar-refractivity contribution in [2.45, 2.75) is 6.92 Å². The van der Waals surface area contributed by atoms with Gasteiger partial charge in [-0.25, -0.2) is 10.2 Å². The molecule has 0 spiro atoms. The Labute approximate surface area is 116 Å². The number of ether oxygens (including phenoxy) is 1. The second-order valence-electron chi connectivity index (χ2n) is 2.97. The van der Waals surface area contributed by atoms with Crippen molar-refractivity contribution in [1.29, 1.82) is 0 Å². The zero-order valence-corrected chi connectivity index (χ0v) is 12.2. The number of primary amides is 1. The second kappa shape index (κ2) is 6.61. The third-order valence-electron chi connectivity index (χ3n) is 1.70. The zero-order chi connectivity index (χ0) is 12.8. The number of halogens is 2. The number of nitrogens with one attached hydrogen (secondary N) is 1. The maximum atomic E-state index is 10.5. The monoisotopic (exact) mass is 363 g/mol. The van der Waals surface area contributed by atoms with Crippen molar-refractivity contribution >= 4 is 44.1 Å². The lowest BCUT2D eigenvalue weighted by Crippen LogP contribution is -2.24. The van der Waals surface area contributed by atoms with Crippen LogP contribution in [0.1, 0.15) is 12.5 Å². The molecule has 0 atom stereocenters. The number of urea groups is 1. The van der Waals surface area contributed by atoms with Crippen LogP contribution in [0.5, 0.6) is 5.75 Å². The molecular formula is C10H11Br2N3O2. The normalized spacial score (nSPS) is 10.5. The molecule has 17 heavy (non-hydrogen) atoms. The number of nitrogens with two attached hydrogens (primary N) is 1. The number of rotatable bonds is 4. The molecule has 0 aromatic heterocycles. The fourth-order valence-electron chi connectivity index (χ4n) is 1.14. The second-order valence-corrected chi connectivity index (χ2v) is 4.74. The van der Waals surface area contributed by atoms with E-state index in [9.17, 15) is 4.79 Å². The summed E-state index contributed by atoms with van der Waals surface area (Å²) in [4.78, 5) is 10.5. The molecule has 1 rings (SSSR count). The van der Waals surface area contributed by atoms with E-state index in [4.69, 9.17) is 10.5 Å². The van der Waals surface area contributed by atoms with Gasteiger partial charge in [0.15, 0.2) is 0 Å². The Hall–Kier alpha value is -1.08. The van der Waals surface area contributed by atoms with E-state index in [0.717, 1.165) is 14.5 Å². The van der Waals surface area contributed by atoms with Crippen LogP contribution >= 0.6 is 31.9 Å². The minimum absolute atomic E-state index is 0.532. The van der Waals surface area contributed by atoms with E-state index in [0.29, 0.717) is 12.4 Å². The Kier molecular flexibility index (Phi) is 5.43. The Morgan fingerprint density at radius 1 is 1.59 bits per heavy atom. The molecule has 0 fully saturated rings. The Bertz CT molecular complexity index is 449. The summed E-state index contributed by atoms with van der Waals surface area (Å²) >= 11 is 6.75. The molecule has 5 nitrogen and oxygen atoms in total. The maximum Gasteiger partial charge on any atom is 0.332 e. The molecule has 1 aromatic carbocycles. The average molecular weight is 365 g/mol. The maximum absolute atomic E-state index is 10.5. The highest BCUT2D eigenvalue weighted by Crippen LogP contribution is 2.31. The van der Waals surface area contributed by atoms with Crippen molar-refractivity contribution in [3.05, 3.63) is 26.6 Å². The van der Waals surface area contributed by atoms with E-state index in [1.807, 2.05) is 19.1 Å². The summed E-state index contributed by atoms with van der Waals surface area (Å²) in [7, 11) is 0. The number of benzene rings is 1. The molecule has 0 bridgehead atoms. The first-order valence-corrected chi connectivity index (χ1v) is 6.33. The van der Waals surface area contributed by atoms with Crippen molar-refractivity contribution in [1.82, 2.24) is 5.43 Å². The summed E-state index contributed by atoms with van der Waals surface area (Å²) in [6, 6.07) is 2.97. The quantitative estimate of drug-likeness (QED) is 0.636. The molecule has 0 unspecified atom stereocenters. The van der Waals surface area contributed by atoms with Gasteiger partial charge in [-0.2, -0.15) is 5.10 Å². The van der Waals surface area contributed by atoms with Crippen molar-refractivity contribution in [3.8, 4) is 5.75 Å². The fraction of sp³-hybridized carbons (Fsp3) is 0.200. The van der Waals surface area contributed by atoms with E-state index in [2.05, 4.69) is 42.4 Å². The number of carbonyl (C=O) groups excluding carboxylic acids is 1. The molecule has 0 saturated heterocycles. The lowest BCUT2D eigenvalue weighted by Gasteiger charge is -2.09. The zero-order valence-electron chi connectivity index (χ0n) is 9.04. The lowest BCUT2D eigenvalue weighted by molar-refractivity contribution is 0.249. The first-order valence-electron chi connectivity index (χ1n) is 4.75. The smallest absolute Gasteiger partial charge is 0.332 e. The summed E-state index contributed by atoms with van der Waals surface area (Å²) in [5.74, 6) is 0.658. The number of amides is 2. The van der Waals surface area contributed by atoms with Gasteiger partial charge in [0, 0.05) is 10.0 Å². The third-order valence-corrected chi connectivity index (χ3v) is 2.75. The molecule has 0 heterocycles. The Balaban J connectivity index is 3.02. The molecule has 1 aromatic rings. The van der Waals surface area contributed by atoms with Gasteiger partial charge >= 0.3 is 6.03 Å². The van der Waals surface area contributed by atoms with Gasteiger partial charge < -0.3 is 10.5 Å². The number of hydrogen-bond donors (Lipinski definition) is 2. The highest BCUT2D eigenvalue weighted by molar-refractivity contribution is 9.11. The number of carbonyl (C=O) groups is 1. The molecule has 7 heteroatoms. The van der Waals surface area contributed by atoms with Crippen LogP contribution in [0.2, 0.25) is 0 Å². The lowest BCUT2D eigenvalue weighted by atomic mass is 10.2. The van der Waals surface area contributed by atoms with Crippen LogP contribution in [0.4, 0.5) is 4.79 Å². The van der Waals surface area contributed by atoms with Crippen molar-refractivity contribution in [3.63, 3.8) is 0 Å². The number of hydrazone groups is 1. The van der Waals surface area contributed by atoms with Gasteiger partial charge in [-0.3, -0.25) is 0 Å². The van der Waals surface area contributed by atoms with Crippen LogP contribution in [-0.2, 0) is 0 Å². The SMILES string of the molecule is CCOc1c(Br)cc(Br)cc1/C=N\NC(N)=O. The molecular weight excluding hydrogens is 354 g/mol. The van der Waals surface area contributed by atoms with E-state index in [-0.39, 0.29) is 0 Å². The van der Waals surface area contributed by atoms with Gasteiger partial charge in [0.25, 0.3) is 0 Å². The van der Waals surface area contributed by atoms with Crippen LogP contribution < -0.4 is 15.9 Å². The fourth-order valence-corrected chi connectivity index (χ4v) is 2.51. The summed E-state index contributed by atoms with van der Waals surface area (Å²) < 4.78 is 7.15. The average Bonchev–Trinajstić information content (AvgIpc) is 2.22. The summed E-state index contributed by atoms with van der Waals surface area (Å²) in [6.07, 6.45) is 1.46. The van der Waals surface area contributed by atoms with Gasteiger partial charge in [0.1, 0.15) is 5.75 Å². The van der Waals surface area contributed by atoms with Gasteiger partial charge in [0.2, 0.25) is 0 Å². The predicted octanol–water partition coefficient (Wildman–Crippen LogP) is 2.61. The summed E-state index contributed by atoms with van der Waals surface area (Å²) in [6.45, 7) is 2.42. The Morgan fingerprint density at radius 3 is 2.88 bits per heavy atom. The molecule has 2 amide bonds. The van der Waals surface area contributed by atoms with Crippen LogP contribution in [0.15, 0.2) is 26.2 Å². The number of nitrogens with zero attached hydrogens (tertiary/aromatic N) is 1. The minimum Gasteiger partial charge on any atom is -0.492 e. The molecule has 0 aliphatic rings. The molecule has 0 aliphatic heterocycles. The van der Waals surface area contributed by atoms with Gasteiger partial charge in [-0.1, -0.05) is 15.9 Å². The van der Waals surface area contributed by atoms with Gasteiger partial charge in [-0.15, -0.1) is 0 Å². The predicted molar refractivity (Wildman–Crippen MR) is 73.3 cm³/mol. The van der Waals surface area contributed by atoms with Crippen LogP contribution in [-0.4, -0.2) is 18.9 Å². The van der Waals surface area contributed by atoms with E-state index < -0.39 is 6.03 Å². The van der Waals surface area contributed by atoms with Crippen molar-refractivity contribution in [2.24, 2.45) is 10.8 Å². The standard InChI is InChI=1S/C10H11Br2N3O2/c1-2-17-9-6(5-14-15-10(13)16)3-7(11)4-8(9)12/h3-5H,2H2,1H3,(H3,13,15,16)/b14-5-. The minimum atomic E-state index is -0.715. The van der Waals surface area contributed by atoms with E-state index >= 15 is 0 Å². The van der Waals surface area contributed by atoms with Crippen molar-refractivity contribution < 1.29 is 9.53 Å². The first-order chi connectivity index (χ1) is 8.04. The molecule has 3 N–H and O–H groups in total. The first kappa shape index (κ1) is 14.0. The molecule has 0 radical (unpaired) electrons. The van der Waals surface area contributed by atoms with Crippen LogP contribution in [0, 0.1) is 0 Å². The molecule has 0 aliphatic carbocycles. The molecule has 92 valence electrons. The van der Waals surface area contributed by atoms with E-state index in [1.54, 1.807) is 0 Å². The summed E-state index contributed by atoms with van der Waals surface area (Å²) in [5.41, 5.74) is 7.75. The number of hydrogen-bond acceptors (Lipinski definition) is 3. The third kappa shape index (κ3) is 4.35. The van der Waals surface area contributed by atoms with E-state index in [1.165, 1.54) is 6.21 Å². The topological polar surface area (TPSA) is 76.7 Å². The molecule has 0 saturated carbocycles. The summed E-state index contributed by atoms with van der Waals surface area (Å²) in [5, 5.41) is 3.70. The van der Waals surface area contributed by atoms with Gasteiger partial charge in [0.05, 0.1) is 17.3 Å². The van der Waals surface area contributed by atoms with Gasteiger partial charge in [-0.05, 0) is 35.0 Å². The van der Waals surface area contributed by atoms with Crippen LogP contribution in [0.3, 0.4) is 0 Å². The Morgan fingerprint density at radius 2 is 2.29 bits per heavy atom. The van der Waals surface area contributed by atoms with Crippen molar-refractivity contribution in [2.75, 3.05) is 6.61 Å². The highest BCUT2D eigenvalue weighted by atomic mass is 79.9.